The van der Waals surface area contributed by atoms with E-state index in [9.17, 15) is 13.2 Å². The van der Waals surface area contributed by atoms with Crippen molar-refractivity contribution < 1.29 is 13.2 Å². The Balaban J connectivity index is 2.42. The molecule has 1 aromatic rings. The molecule has 128 valence electrons. The topological polar surface area (TPSA) is 41.6 Å². The van der Waals surface area contributed by atoms with Gasteiger partial charge in [0.05, 0.1) is 6.42 Å². The van der Waals surface area contributed by atoms with Crippen molar-refractivity contribution in [3.05, 3.63) is 20.7 Å². The molecule has 23 heavy (non-hydrogen) atoms. The summed E-state index contributed by atoms with van der Waals surface area (Å²) in [4.78, 5) is 6.69. The van der Waals surface area contributed by atoms with Gasteiger partial charge in [-0.15, -0.1) is 11.3 Å². The van der Waals surface area contributed by atoms with Crippen molar-refractivity contribution in [1.82, 2.24) is 4.90 Å². The molecular weight excluding hydrogens is 323 g/mol. The van der Waals surface area contributed by atoms with Crippen LogP contribution in [0, 0.1) is 0 Å². The van der Waals surface area contributed by atoms with Crippen molar-refractivity contribution in [3.63, 3.8) is 0 Å². The maximum atomic E-state index is 12.6. The molecule has 0 aliphatic heterocycles. The van der Waals surface area contributed by atoms with E-state index < -0.39 is 12.6 Å². The molecule has 3 nitrogen and oxygen atoms in total. The number of thiophene rings is 1. The van der Waals surface area contributed by atoms with Crippen LogP contribution in [0.2, 0.25) is 0 Å². The predicted molar refractivity (Wildman–Crippen MR) is 89.8 cm³/mol. The van der Waals surface area contributed by atoms with Crippen LogP contribution in [0.25, 0.3) is 12.4 Å². The van der Waals surface area contributed by atoms with Gasteiger partial charge in [0.1, 0.15) is 5.82 Å². The minimum Gasteiger partial charge on any atom is -0.356 e. The summed E-state index contributed by atoms with van der Waals surface area (Å²) in [5.41, 5.74) is 5.97. The van der Waals surface area contributed by atoms with Gasteiger partial charge in [-0.3, -0.25) is 0 Å². The van der Waals surface area contributed by atoms with Crippen LogP contribution < -0.4 is 15.5 Å². The van der Waals surface area contributed by atoms with Crippen LogP contribution in [0.15, 0.2) is 11.1 Å². The fourth-order valence-electron chi connectivity index (χ4n) is 2.95. The molecule has 1 heterocycles. The summed E-state index contributed by atoms with van der Waals surface area (Å²) in [7, 11) is 1.92. The van der Waals surface area contributed by atoms with E-state index in [4.69, 9.17) is 5.73 Å². The lowest BCUT2D eigenvalue weighted by Crippen LogP contribution is -2.35. The first kappa shape index (κ1) is 18.0. The zero-order valence-corrected chi connectivity index (χ0v) is 14.2. The number of alkyl halides is 3. The van der Waals surface area contributed by atoms with Gasteiger partial charge in [0, 0.05) is 40.0 Å². The van der Waals surface area contributed by atoms with Crippen molar-refractivity contribution in [1.29, 1.82) is 0 Å². The number of nitrogens with two attached hydrogens (primary N) is 1. The number of rotatable bonds is 4. The second-order valence-corrected chi connectivity index (χ2v) is 7.11. The number of halogens is 3. The standard InChI is InChI=1S/C16H22F3N3S/c1-4-21-15(22(3)12-6-5-11(20)7-12)14-8-13(23-10(14)2)9-16(17,18)19/h4,8,11-12H,2,5-7,9,20H2,1,3H3/b15-14+,21-4-. The zero-order chi connectivity index (χ0) is 17.2. The molecule has 2 N–H and O–H groups in total. The molecule has 0 bridgehead atoms. The predicted octanol–water partition coefficient (Wildman–Crippen LogP) is 2.23. The highest BCUT2D eigenvalue weighted by molar-refractivity contribution is 7.09. The summed E-state index contributed by atoms with van der Waals surface area (Å²) >= 11 is 1.08. The molecule has 0 amide bonds. The van der Waals surface area contributed by atoms with Gasteiger partial charge in [0.25, 0.3) is 0 Å². The number of nitrogens with zero attached hydrogens (tertiary/aromatic N) is 2. The van der Waals surface area contributed by atoms with Crippen LogP contribution in [0.1, 0.15) is 31.1 Å². The SMILES string of the molecule is C=c1sc(CC(F)(F)F)c/c1=C(/N=C\C)N(C)C1CCC(N)C1. The van der Waals surface area contributed by atoms with Crippen molar-refractivity contribution in [2.24, 2.45) is 10.7 Å². The monoisotopic (exact) mass is 345 g/mol. The van der Waals surface area contributed by atoms with E-state index in [1.807, 2.05) is 11.9 Å². The average Bonchev–Trinajstić information content (AvgIpc) is 3.00. The van der Waals surface area contributed by atoms with Gasteiger partial charge >= 0.3 is 6.18 Å². The molecule has 1 aliphatic carbocycles. The first-order valence-corrected chi connectivity index (χ1v) is 8.38. The Morgan fingerprint density at radius 3 is 2.74 bits per heavy atom. The van der Waals surface area contributed by atoms with Gasteiger partial charge in [-0.1, -0.05) is 6.58 Å². The fraction of sp³-hybridized carbons (Fsp3) is 0.562. The maximum Gasteiger partial charge on any atom is 0.393 e. The fourth-order valence-corrected chi connectivity index (χ4v) is 3.94. The molecule has 1 aromatic heterocycles. The van der Waals surface area contributed by atoms with E-state index in [2.05, 4.69) is 11.6 Å². The van der Waals surface area contributed by atoms with E-state index in [-0.39, 0.29) is 17.0 Å². The van der Waals surface area contributed by atoms with E-state index in [0.717, 1.165) is 30.6 Å². The van der Waals surface area contributed by atoms with Crippen LogP contribution in [-0.2, 0) is 6.42 Å². The zero-order valence-electron chi connectivity index (χ0n) is 13.4. The third kappa shape index (κ3) is 4.57. The smallest absolute Gasteiger partial charge is 0.356 e. The Morgan fingerprint density at radius 1 is 1.52 bits per heavy atom. The maximum absolute atomic E-state index is 12.6. The van der Waals surface area contributed by atoms with Crippen molar-refractivity contribution in [3.8, 4) is 0 Å². The largest absolute Gasteiger partial charge is 0.393 e. The second-order valence-electron chi connectivity index (χ2n) is 5.89. The lowest BCUT2D eigenvalue weighted by atomic mass is 10.2. The molecule has 0 radical (unpaired) electrons. The normalized spacial score (nSPS) is 23.6. The molecule has 1 aliphatic rings. The Bertz CT molecular complexity index is 678. The minimum atomic E-state index is -4.22. The summed E-state index contributed by atoms with van der Waals surface area (Å²) in [6.07, 6.45) is -0.703. The summed E-state index contributed by atoms with van der Waals surface area (Å²) < 4.78 is 38.4. The summed E-state index contributed by atoms with van der Waals surface area (Å²) in [6.45, 7) is 5.70. The van der Waals surface area contributed by atoms with E-state index >= 15 is 0 Å². The molecule has 2 atom stereocenters. The second kappa shape index (κ2) is 7.05. The van der Waals surface area contributed by atoms with E-state index in [1.54, 1.807) is 19.2 Å². The highest BCUT2D eigenvalue weighted by atomic mass is 32.1. The molecule has 1 saturated carbocycles. The van der Waals surface area contributed by atoms with Gasteiger partial charge in [-0.25, -0.2) is 4.99 Å². The minimum absolute atomic E-state index is 0.178. The van der Waals surface area contributed by atoms with E-state index in [1.165, 1.54) is 0 Å². The Labute approximate surface area is 138 Å². The third-order valence-corrected chi connectivity index (χ3v) is 5.04. The Kier molecular flexibility index (Phi) is 5.52. The van der Waals surface area contributed by atoms with Gasteiger partial charge in [0.15, 0.2) is 0 Å². The summed E-state index contributed by atoms with van der Waals surface area (Å²) in [6, 6.07) is 2.00. The lowest BCUT2D eigenvalue weighted by molar-refractivity contribution is -0.126. The molecule has 2 rings (SSSR count). The van der Waals surface area contributed by atoms with Gasteiger partial charge in [-0.2, -0.15) is 13.2 Å². The first-order valence-electron chi connectivity index (χ1n) is 7.57. The van der Waals surface area contributed by atoms with Crippen LogP contribution in [0.4, 0.5) is 13.2 Å². The van der Waals surface area contributed by atoms with Crippen LogP contribution >= 0.6 is 11.3 Å². The quantitative estimate of drug-likeness (QED) is 0.851. The van der Waals surface area contributed by atoms with Crippen molar-refractivity contribution in [2.45, 2.75) is 50.9 Å². The Hall–Kier alpha value is -1.34. The summed E-state index contributed by atoms with van der Waals surface area (Å²) in [5, 5.41) is 0.676. The average molecular weight is 345 g/mol. The molecule has 0 aromatic carbocycles. The van der Waals surface area contributed by atoms with Crippen LogP contribution in [-0.4, -0.2) is 36.4 Å². The molecule has 1 fully saturated rings. The molecule has 0 spiro atoms. The summed E-state index contributed by atoms with van der Waals surface area (Å²) in [5.74, 6) is 0.668. The molecule has 2 unspecified atom stereocenters. The molecule has 7 heteroatoms. The molecule has 0 saturated heterocycles. The lowest BCUT2D eigenvalue weighted by Gasteiger charge is -2.26. The van der Waals surface area contributed by atoms with Gasteiger partial charge in [-0.05, 0) is 32.3 Å². The highest BCUT2D eigenvalue weighted by Gasteiger charge is 2.29. The number of hydrogen-bond acceptors (Lipinski definition) is 4. The molecular formula is C16H22F3N3S. The van der Waals surface area contributed by atoms with Crippen molar-refractivity contribution in [2.75, 3.05) is 7.05 Å². The van der Waals surface area contributed by atoms with E-state index in [0.29, 0.717) is 15.6 Å². The highest BCUT2D eigenvalue weighted by Crippen LogP contribution is 2.25. The van der Waals surface area contributed by atoms with Crippen LogP contribution in [0.3, 0.4) is 0 Å². The van der Waals surface area contributed by atoms with Gasteiger partial charge < -0.3 is 10.6 Å². The number of hydrogen-bond donors (Lipinski definition) is 1. The Morgan fingerprint density at radius 2 is 2.22 bits per heavy atom. The van der Waals surface area contributed by atoms with Crippen molar-refractivity contribution >= 4 is 30.0 Å². The van der Waals surface area contributed by atoms with Gasteiger partial charge in [0.2, 0.25) is 0 Å². The number of aliphatic imine (C=N–C) groups is 1. The van der Waals surface area contributed by atoms with Crippen LogP contribution in [0.5, 0.6) is 0 Å². The first-order chi connectivity index (χ1) is 10.7. The third-order valence-electron chi connectivity index (χ3n) is 4.05.